The molecule has 2 aliphatic heterocycles. The normalized spacial score (nSPS) is 27.1. The van der Waals surface area contributed by atoms with Crippen LogP contribution in [0.3, 0.4) is 0 Å². The Morgan fingerprint density at radius 2 is 2.39 bits per heavy atom. The average molecular weight is 249 g/mol. The van der Waals surface area contributed by atoms with Gasteiger partial charge in [0.25, 0.3) is 5.91 Å². The number of hydrogen-bond donors (Lipinski definition) is 1. The van der Waals surface area contributed by atoms with E-state index >= 15 is 0 Å². The minimum atomic E-state index is -0.537. The zero-order valence-electron chi connectivity index (χ0n) is 10.1. The number of hydrogen-bond acceptors (Lipinski definition) is 3. The van der Waals surface area contributed by atoms with Crippen molar-refractivity contribution in [3.8, 4) is 0 Å². The maximum atomic E-state index is 13.5. The largest absolute Gasteiger partial charge is 0.337 e. The molecule has 0 unspecified atom stereocenters. The summed E-state index contributed by atoms with van der Waals surface area (Å²) in [6.45, 7) is 2.44. The zero-order valence-corrected chi connectivity index (χ0v) is 10.1. The van der Waals surface area contributed by atoms with Crippen LogP contribution in [0.4, 0.5) is 4.39 Å². The van der Waals surface area contributed by atoms with E-state index in [9.17, 15) is 9.18 Å². The first-order chi connectivity index (χ1) is 8.75. The Morgan fingerprint density at radius 1 is 1.50 bits per heavy atom. The summed E-state index contributed by atoms with van der Waals surface area (Å²) in [5.41, 5.74) is 0.128. The number of nitrogens with one attached hydrogen (secondary N) is 1. The molecule has 0 aromatic carbocycles. The number of amides is 1. The van der Waals surface area contributed by atoms with Crippen LogP contribution in [0.5, 0.6) is 0 Å². The summed E-state index contributed by atoms with van der Waals surface area (Å²) >= 11 is 0. The van der Waals surface area contributed by atoms with Crippen LogP contribution in [-0.4, -0.2) is 41.5 Å². The molecule has 2 saturated heterocycles. The van der Waals surface area contributed by atoms with Gasteiger partial charge in [0.1, 0.15) is 0 Å². The van der Waals surface area contributed by atoms with Crippen molar-refractivity contribution in [2.24, 2.45) is 5.92 Å². The first-order valence-electron chi connectivity index (χ1n) is 6.38. The first kappa shape index (κ1) is 11.6. The second-order valence-corrected chi connectivity index (χ2v) is 5.03. The van der Waals surface area contributed by atoms with Gasteiger partial charge in [-0.3, -0.25) is 9.78 Å². The van der Waals surface area contributed by atoms with Gasteiger partial charge in [0.05, 0.1) is 11.8 Å². The van der Waals surface area contributed by atoms with E-state index in [1.807, 2.05) is 0 Å². The maximum Gasteiger partial charge on any atom is 0.257 e. The number of carbonyl (C=O) groups excluding carboxylic acids is 1. The number of pyridine rings is 1. The molecule has 1 aromatic rings. The molecule has 3 rings (SSSR count). The van der Waals surface area contributed by atoms with E-state index in [-0.39, 0.29) is 11.5 Å². The maximum absolute atomic E-state index is 13.5. The first-order valence-corrected chi connectivity index (χ1v) is 6.38. The predicted octanol–water partition coefficient (Wildman–Crippen LogP) is 1.04. The summed E-state index contributed by atoms with van der Waals surface area (Å²) in [6, 6.07) is 1.83. The lowest BCUT2D eigenvalue weighted by atomic mass is 9.94. The van der Waals surface area contributed by atoms with Crippen molar-refractivity contribution >= 4 is 5.91 Å². The Morgan fingerprint density at radius 3 is 3.17 bits per heavy atom. The minimum Gasteiger partial charge on any atom is -0.337 e. The molecule has 1 aromatic heterocycles. The van der Waals surface area contributed by atoms with Gasteiger partial charge in [-0.05, 0) is 31.4 Å². The van der Waals surface area contributed by atoms with Crippen LogP contribution in [0.1, 0.15) is 23.2 Å². The molecule has 0 aliphatic carbocycles. The number of piperidine rings is 1. The third kappa shape index (κ3) is 1.99. The third-order valence-electron chi connectivity index (χ3n) is 3.89. The Labute approximate surface area is 105 Å². The minimum absolute atomic E-state index is 0.128. The van der Waals surface area contributed by atoms with Gasteiger partial charge in [-0.25, -0.2) is 4.39 Å². The van der Waals surface area contributed by atoms with Crippen molar-refractivity contribution in [1.29, 1.82) is 0 Å². The number of carbonyl (C=O) groups is 1. The van der Waals surface area contributed by atoms with Gasteiger partial charge in [0.2, 0.25) is 0 Å². The Hall–Kier alpha value is -1.49. The number of fused-ring (bicyclic) bond motifs is 1. The van der Waals surface area contributed by atoms with Crippen molar-refractivity contribution in [2.75, 3.05) is 19.6 Å². The van der Waals surface area contributed by atoms with Crippen LogP contribution >= 0.6 is 0 Å². The van der Waals surface area contributed by atoms with Crippen molar-refractivity contribution in [3.05, 3.63) is 29.8 Å². The molecule has 0 bridgehead atoms. The lowest BCUT2D eigenvalue weighted by Crippen LogP contribution is -2.41. The molecule has 2 fully saturated rings. The van der Waals surface area contributed by atoms with Crippen molar-refractivity contribution in [2.45, 2.75) is 18.9 Å². The molecule has 3 heterocycles. The van der Waals surface area contributed by atoms with Gasteiger partial charge >= 0.3 is 0 Å². The van der Waals surface area contributed by atoms with E-state index in [2.05, 4.69) is 10.3 Å². The molecule has 1 amide bonds. The topological polar surface area (TPSA) is 45.2 Å². The van der Waals surface area contributed by atoms with Gasteiger partial charge in [-0.15, -0.1) is 0 Å². The number of nitrogens with zero attached hydrogens (tertiary/aromatic N) is 2. The van der Waals surface area contributed by atoms with Crippen molar-refractivity contribution < 1.29 is 9.18 Å². The fraction of sp³-hybridized carbons (Fsp3) is 0.538. The fourth-order valence-electron chi connectivity index (χ4n) is 2.93. The standard InChI is InChI=1S/C13H16FN3O/c14-11-6-15-5-3-10(11)13(18)17-7-9-2-1-4-16-12(9)8-17/h3,5-6,9,12,16H,1-2,4,7-8H2/t9-,12+/m0/s1. The van der Waals surface area contributed by atoms with Gasteiger partial charge in [0.15, 0.2) is 5.82 Å². The highest BCUT2D eigenvalue weighted by atomic mass is 19.1. The van der Waals surface area contributed by atoms with Crippen LogP contribution in [0.15, 0.2) is 18.5 Å². The fourth-order valence-corrected chi connectivity index (χ4v) is 2.93. The summed E-state index contributed by atoms with van der Waals surface area (Å²) in [5.74, 6) is -0.232. The number of halogens is 1. The van der Waals surface area contributed by atoms with Gasteiger partial charge in [0, 0.05) is 25.3 Å². The van der Waals surface area contributed by atoms with Crippen LogP contribution < -0.4 is 5.32 Å². The summed E-state index contributed by atoms with van der Waals surface area (Å²) in [5, 5.41) is 3.43. The Bertz CT molecular complexity index is 451. The molecule has 0 saturated carbocycles. The van der Waals surface area contributed by atoms with E-state index < -0.39 is 5.82 Å². The van der Waals surface area contributed by atoms with Crippen LogP contribution in [-0.2, 0) is 0 Å². The van der Waals surface area contributed by atoms with E-state index in [0.717, 1.165) is 32.1 Å². The van der Waals surface area contributed by atoms with E-state index in [1.165, 1.54) is 12.3 Å². The lowest BCUT2D eigenvalue weighted by Gasteiger charge is -2.24. The SMILES string of the molecule is O=C(c1ccncc1F)N1C[C@@H]2CCCN[C@@H]2C1. The van der Waals surface area contributed by atoms with Gasteiger partial charge in [-0.1, -0.05) is 0 Å². The number of rotatable bonds is 1. The molecular formula is C13H16FN3O. The van der Waals surface area contributed by atoms with Gasteiger partial charge < -0.3 is 10.2 Å². The highest BCUT2D eigenvalue weighted by molar-refractivity contribution is 5.94. The predicted molar refractivity (Wildman–Crippen MR) is 64.6 cm³/mol. The molecule has 0 spiro atoms. The summed E-state index contributed by atoms with van der Waals surface area (Å²) in [6.07, 6.45) is 4.86. The number of likely N-dealkylation sites (tertiary alicyclic amines) is 1. The molecule has 2 atom stereocenters. The van der Waals surface area contributed by atoms with E-state index in [0.29, 0.717) is 18.5 Å². The highest BCUT2D eigenvalue weighted by Gasteiger charge is 2.37. The second kappa shape index (κ2) is 4.65. The van der Waals surface area contributed by atoms with Crippen molar-refractivity contribution in [1.82, 2.24) is 15.2 Å². The average Bonchev–Trinajstić information content (AvgIpc) is 2.82. The molecular weight excluding hydrogens is 233 g/mol. The quantitative estimate of drug-likeness (QED) is 0.809. The number of aromatic nitrogens is 1. The van der Waals surface area contributed by atoms with Crippen LogP contribution in [0, 0.1) is 11.7 Å². The molecule has 1 N–H and O–H groups in total. The summed E-state index contributed by atoms with van der Waals surface area (Å²) < 4.78 is 13.5. The van der Waals surface area contributed by atoms with Crippen molar-refractivity contribution in [3.63, 3.8) is 0 Å². The molecule has 2 aliphatic rings. The van der Waals surface area contributed by atoms with Crippen LogP contribution in [0.2, 0.25) is 0 Å². The molecule has 18 heavy (non-hydrogen) atoms. The monoisotopic (exact) mass is 249 g/mol. The summed E-state index contributed by atoms with van der Waals surface area (Å²) in [4.78, 5) is 17.7. The highest BCUT2D eigenvalue weighted by Crippen LogP contribution is 2.26. The lowest BCUT2D eigenvalue weighted by molar-refractivity contribution is 0.0781. The molecule has 0 radical (unpaired) electrons. The van der Waals surface area contributed by atoms with Gasteiger partial charge in [-0.2, -0.15) is 0 Å². The zero-order chi connectivity index (χ0) is 12.5. The van der Waals surface area contributed by atoms with E-state index in [4.69, 9.17) is 0 Å². The second-order valence-electron chi connectivity index (χ2n) is 5.03. The van der Waals surface area contributed by atoms with Crippen LogP contribution in [0.25, 0.3) is 0 Å². The Balaban J connectivity index is 1.76. The third-order valence-corrected chi connectivity index (χ3v) is 3.89. The van der Waals surface area contributed by atoms with E-state index in [1.54, 1.807) is 4.90 Å². The summed E-state index contributed by atoms with van der Waals surface area (Å²) in [7, 11) is 0. The molecule has 96 valence electrons. The smallest absolute Gasteiger partial charge is 0.257 e. The molecule has 5 heteroatoms. The molecule has 4 nitrogen and oxygen atoms in total. The Kier molecular flexibility index (Phi) is 2.99.